The zero-order valence-corrected chi connectivity index (χ0v) is 10.2. The molecular formula is C12H15NO2S. The summed E-state index contributed by atoms with van der Waals surface area (Å²) in [7, 11) is 0. The molecule has 1 saturated heterocycles. The summed E-state index contributed by atoms with van der Waals surface area (Å²) < 4.78 is 5.61. The summed E-state index contributed by atoms with van der Waals surface area (Å²) in [5.74, 6) is 0.157. The first-order chi connectivity index (χ1) is 7.70. The first kappa shape index (κ1) is 10.3. The van der Waals surface area contributed by atoms with Gasteiger partial charge in [-0.25, -0.2) is 4.98 Å². The Morgan fingerprint density at radius 2 is 2.25 bits per heavy atom. The quantitative estimate of drug-likeness (QED) is 0.705. The van der Waals surface area contributed by atoms with Crippen molar-refractivity contribution >= 4 is 17.3 Å². The van der Waals surface area contributed by atoms with Crippen LogP contribution in [0.1, 0.15) is 48.7 Å². The zero-order valence-electron chi connectivity index (χ0n) is 9.36. The third-order valence-electron chi connectivity index (χ3n) is 3.77. The van der Waals surface area contributed by atoms with Gasteiger partial charge in [0.15, 0.2) is 0 Å². The van der Waals surface area contributed by atoms with Gasteiger partial charge < -0.3 is 4.74 Å². The number of esters is 1. The van der Waals surface area contributed by atoms with E-state index in [0.29, 0.717) is 6.42 Å². The Morgan fingerprint density at radius 1 is 1.50 bits per heavy atom. The Balaban J connectivity index is 1.96. The lowest BCUT2D eigenvalue weighted by Gasteiger charge is -2.27. The number of ether oxygens (including phenoxy) is 1. The van der Waals surface area contributed by atoms with Crippen LogP contribution in [-0.2, 0) is 9.53 Å². The Kier molecular flexibility index (Phi) is 2.28. The lowest BCUT2D eigenvalue weighted by Crippen LogP contribution is -2.30. The molecule has 0 amide bonds. The Labute approximate surface area is 98.8 Å². The van der Waals surface area contributed by atoms with E-state index >= 15 is 0 Å². The van der Waals surface area contributed by atoms with Crippen LogP contribution in [0.5, 0.6) is 0 Å². The van der Waals surface area contributed by atoms with Gasteiger partial charge in [0.05, 0.1) is 23.0 Å². The number of nitrogens with zero attached hydrogens (tertiary/aromatic N) is 1. The van der Waals surface area contributed by atoms with Crippen LogP contribution in [0.25, 0.3) is 0 Å². The molecule has 1 aliphatic heterocycles. The van der Waals surface area contributed by atoms with Crippen molar-refractivity contribution in [2.45, 2.75) is 50.5 Å². The summed E-state index contributed by atoms with van der Waals surface area (Å²) in [6, 6.07) is 0. The van der Waals surface area contributed by atoms with Crippen LogP contribution in [-0.4, -0.2) is 16.6 Å². The maximum atomic E-state index is 11.5. The van der Waals surface area contributed by atoms with Gasteiger partial charge >= 0.3 is 5.97 Å². The van der Waals surface area contributed by atoms with E-state index in [0.717, 1.165) is 23.5 Å². The van der Waals surface area contributed by atoms with Gasteiger partial charge in [-0.2, -0.15) is 0 Å². The summed E-state index contributed by atoms with van der Waals surface area (Å²) in [6.45, 7) is 2.01. The average Bonchev–Trinajstić information content (AvgIpc) is 2.90. The third-order valence-corrected chi connectivity index (χ3v) is 4.56. The minimum atomic E-state index is -0.211. The van der Waals surface area contributed by atoms with E-state index < -0.39 is 0 Å². The fourth-order valence-electron chi connectivity index (χ4n) is 3.03. The van der Waals surface area contributed by atoms with Crippen LogP contribution < -0.4 is 0 Å². The molecule has 3 rings (SSSR count). The second-order valence-corrected chi connectivity index (χ2v) is 5.86. The van der Waals surface area contributed by atoms with Gasteiger partial charge in [0.2, 0.25) is 0 Å². The Hall–Kier alpha value is -0.900. The Bertz CT molecular complexity index is 420. The van der Waals surface area contributed by atoms with Gasteiger partial charge in [0.25, 0.3) is 0 Å². The van der Waals surface area contributed by atoms with Crippen molar-refractivity contribution in [2.75, 3.05) is 0 Å². The maximum Gasteiger partial charge on any atom is 0.307 e. The van der Waals surface area contributed by atoms with E-state index in [4.69, 9.17) is 4.74 Å². The molecule has 0 radical (unpaired) electrons. The highest BCUT2D eigenvalue weighted by atomic mass is 32.1. The molecule has 4 heteroatoms. The molecule has 16 heavy (non-hydrogen) atoms. The van der Waals surface area contributed by atoms with Gasteiger partial charge in [-0.1, -0.05) is 0 Å². The minimum absolute atomic E-state index is 0.0439. The largest absolute Gasteiger partial charge is 0.458 e. The molecule has 2 aliphatic rings. The topological polar surface area (TPSA) is 39.2 Å². The Morgan fingerprint density at radius 3 is 2.88 bits per heavy atom. The highest BCUT2D eigenvalue weighted by molar-refractivity contribution is 7.09. The van der Waals surface area contributed by atoms with Gasteiger partial charge in [-0.15, -0.1) is 11.3 Å². The summed E-state index contributed by atoms with van der Waals surface area (Å²) >= 11 is 1.66. The van der Waals surface area contributed by atoms with Crippen LogP contribution >= 0.6 is 11.3 Å². The predicted molar refractivity (Wildman–Crippen MR) is 61.5 cm³/mol. The number of aryl methyl sites for hydroxylation is 1. The number of hydrogen-bond donors (Lipinski definition) is 0. The second-order valence-electron chi connectivity index (χ2n) is 4.79. The molecule has 0 bridgehead atoms. The molecule has 1 aromatic rings. The maximum absolute atomic E-state index is 11.5. The summed E-state index contributed by atoms with van der Waals surface area (Å²) in [5.41, 5.74) is 0.854. The SMILES string of the molecule is Cc1nc([C@H]2CC(=O)OC23CCCC3)cs1. The standard InChI is InChI=1S/C12H15NO2S/c1-8-13-10(7-16-8)9-6-11(14)15-12(9)4-2-3-5-12/h7,9H,2-6H2,1H3/t9-/m1/s1. The van der Waals surface area contributed by atoms with Crippen LogP contribution in [0, 0.1) is 6.92 Å². The van der Waals surface area contributed by atoms with Crippen LogP contribution in [0.15, 0.2) is 5.38 Å². The normalized spacial score (nSPS) is 27.6. The first-order valence-corrected chi connectivity index (χ1v) is 6.71. The lowest BCUT2D eigenvalue weighted by atomic mass is 9.84. The average molecular weight is 237 g/mol. The molecule has 0 unspecified atom stereocenters. The number of carbonyl (C=O) groups is 1. The van der Waals surface area contributed by atoms with E-state index in [1.54, 1.807) is 11.3 Å². The van der Waals surface area contributed by atoms with Crippen molar-refractivity contribution in [1.82, 2.24) is 4.98 Å². The van der Waals surface area contributed by atoms with E-state index in [9.17, 15) is 4.79 Å². The van der Waals surface area contributed by atoms with Crippen LogP contribution in [0.2, 0.25) is 0 Å². The molecule has 2 heterocycles. The molecular weight excluding hydrogens is 222 g/mol. The van der Waals surface area contributed by atoms with Crippen LogP contribution in [0.4, 0.5) is 0 Å². The molecule has 1 aromatic heterocycles. The highest BCUT2D eigenvalue weighted by Gasteiger charge is 2.52. The van der Waals surface area contributed by atoms with Crippen molar-refractivity contribution in [3.8, 4) is 0 Å². The molecule has 1 saturated carbocycles. The third kappa shape index (κ3) is 1.47. The molecule has 1 spiro atoms. The minimum Gasteiger partial charge on any atom is -0.458 e. The summed E-state index contributed by atoms with van der Waals surface area (Å²) in [4.78, 5) is 16.1. The van der Waals surface area contributed by atoms with Crippen molar-refractivity contribution in [3.05, 3.63) is 16.1 Å². The highest BCUT2D eigenvalue weighted by Crippen LogP contribution is 2.50. The van der Waals surface area contributed by atoms with Crippen molar-refractivity contribution < 1.29 is 9.53 Å². The number of rotatable bonds is 1. The second kappa shape index (κ2) is 3.55. The fraction of sp³-hybridized carbons (Fsp3) is 0.667. The lowest BCUT2D eigenvalue weighted by molar-refractivity contribution is -0.148. The fourth-order valence-corrected chi connectivity index (χ4v) is 3.70. The number of thiazole rings is 1. The van der Waals surface area contributed by atoms with Gasteiger partial charge in [-0.05, 0) is 32.6 Å². The van der Waals surface area contributed by atoms with E-state index in [1.807, 2.05) is 6.92 Å². The van der Waals surface area contributed by atoms with E-state index in [1.165, 1.54) is 12.8 Å². The monoisotopic (exact) mass is 237 g/mol. The van der Waals surface area contributed by atoms with E-state index in [2.05, 4.69) is 10.4 Å². The number of hydrogen-bond acceptors (Lipinski definition) is 4. The van der Waals surface area contributed by atoms with Gasteiger partial charge in [-0.3, -0.25) is 4.79 Å². The van der Waals surface area contributed by atoms with Crippen molar-refractivity contribution in [1.29, 1.82) is 0 Å². The van der Waals surface area contributed by atoms with Crippen LogP contribution in [0.3, 0.4) is 0 Å². The van der Waals surface area contributed by atoms with Crippen molar-refractivity contribution in [3.63, 3.8) is 0 Å². The first-order valence-electron chi connectivity index (χ1n) is 5.83. The molecule has 3 nitrogen and oxygen atoms in total. The molecule has 1 atom stereocenters. The smallest absolute Gasteiger partial charge is 0.307 e. The van der Waals surface area contributed by atoms with E-state index in [-0.39, 0.29) is 17.5 Å². The molecule has 0 N–H and O–H groups in total. The zero-order chi connectivity index (χ0) is 11.2. The molecule has 2 fully saturated rings. The number of carbonyl (C=O) groups excluding carboxylic acids is 1. The summed E-state index contributed by atoms with van der Waals surface area (Å²) in [6.07, 6.45) is 4.89. The predicted octanol–water partition coefficient (Wildman–Crippen LogP) is 2.79. The summed E-state index contributed by atoms with van der Waals surface area (Å²) in [5, 5.41) is 3.16. The van der Waals surface area contributed by atoms with Gasteiger partial charge in [0.1, 0.15) is 5.60 Å². The molecule has 0 aromatic carbocycles. The molecule has 1 aliphatic carbocycles. The molecule has 86 valence electrons. The van der Waals surface area contributed by atoms with Crippen molar-refractivity contribution in [2.24, 2.45) is 0 Å². The number of aromatic nitrogens is 1. The van der Waals surface area contributed by atoms with Gasteiger partial charge in [0, 0.05) is 5.38 Å².